The Morgan fingerprint density at radius 2 is 1.93 bits per heavy atom. The zero-order valence-corrected chi connectivity index (χ0v) is 15.7. The Morgan fingerprint density at radius 3 is 2.61 bits per heavy atom. The van der Waals surface area contributed by atoms with E-state index >= 15 is 0 Å². The number of amides is 1. The van der Waals surface area contributed by atoms with Crippen molar-refractivity contribution >= 4 is 17.6 Å². The summed E-state index contributed by atoms with van der Waals surface area (Å²) < 4.78 is 20.1. The van der Waals surface area contributed by atoms with Crippen LogP contribution in [0.4, 0.5) is 15.0 Å². The molecule has 28 heavy (non-hydrogen) atoms. The van der Waals surface area contributed by atoms with Crippen molar-refractivity contribution in [3.63, 3.8) is 0 Å². The molecule has 0 atom stereocenters. The van der Waals surface area contributed by atoms with E-state index in [2.05, 4.69) is 15.0 Å². The second-order valence-electron chi connectivity index (χ2n) is 6.89. The first-order valence-electron chi connectivity index (χ1n) is 9.18. The minimum absolute atomic E-state index is 0.129. The van der Waals surface area contributed by atoms with Crippen LogP contribution in [0.25, 0.3) is 16.8 Å². The Kier molecular flexibility index (Phi) is 4.81. The number of hydrogen-bond donors (Lipinski definition) is 0. The molecule has 0 spiro atoms. The van der Waals surface area contributed by atoms with Gasteiger partial charge in [0.2, 0.25) is 5.95 Å². The molecule has 146 valence electrons. The number of nitrogens with zero attached hydrogens (tertiary/aromatic N) is 6. The molecule has 4 rings (SSSR count). The van der Waals surface area contributed by atoms with Gasteiger partial charge < -0.3 is 14.5 Å². The van der Waals surface area contributed by atoms with E-state index in [1.165, 1.54) is 12.3 Å². The van der Waals surface area contributed by atoms with E-state index in [9.17, 15) is 9.18 Å². The van der Waals surface area contributed by atoms with Crippen molar-refractivity contribution in [3.8, 4) is 11.1 Å². The average Bonchev–Trinajstić information content (AvgIpc) is 3.11. The maximum atomic E-state index is 13.1. The van der Waals surface area contributed by atoms with Gasteiger partial charge in [-0.3, -0.25) is 0 Å². The summed E-state index contributed by atoms with van der Waals surface area (Å²) >= 11 is 0. The van der Waals surface area contributed by atoms with E-state index in [1.54, 1.807) is 21.7 Å². The van der Waals surface area contributed by atoms with Crippen molar-refractivity contribution in [1.82, 2.24) is 24.5 Å². The van der Waals surface area contributed by atoms with Gasteiger partial charge in [-0.05, 0) is 32.0 Å². The first kappa shape index (κ1) is 18.1. The van der Waals surface area contributed by atoms with Gasteiger partial charge in [0.1, 0.15) is 5.82 Å². The smallest absolute Gasteiger partial charge is 0.410 e. The molecule has 4 heterocycles. The van der Waals surface area contributed by atoms with Crippen LogP contribution in [0.2, 0.25) is 0 Å². The van der Waals surface area contributed by atoms with Crippen LogP contribution >= 0.6 is 0 Å². The normalized spacial score (nSPS) is 14.7. The Balaban J connectivity index is 1.53. The highest BCUT2D eigenvalue weighted by atomic mass is 19.1. The van der Waals surface area contributed by atoms with Crippen molar-refractivity contribution in [2.24, 2.45) is 0 Å². The highest BCUT2D eigenvalue weighted by Gasteiger charge is 2.24. The van der Waals surface area contributed by atoms with Gasteiger partial charge in [0.05, 0.1) is 12.3 Å². The second-order valence-corrected chi connectivity index (χ2v) is 6.89. The van der Waals surface area contributed by atoms with Crippen molar-refractivity contribution in [2.45, 2.75) is 20.0 Å². The summed E-state index contributed by atoms with van der Waals surface area (Å²) in [5.74, 6) is 0.281. The molecule has 0 radical (unpaired) electrons. The van der Waals surface area contributed by atoms with Gasteiger partial charge in [-0.15, -0.1) is 0 Å². The molecule has 1 aliphatic rings. The molecule has 0 saturated carbocycles. The van der Waals surface area contributed by atoms with E-state index in [0.29, 0.717) is 31.8 Å². The highest BCUT2D eigenvalue weighted by molar-refractivity contribution is 5.77. The summed E-state index contributed by atoms with van der Waals surface area (Å²) in [5, 5.41) is 4.31. The number of pyridine rings is 1. The van der Waals surface area contributed by atoms with Gasteiger partial charge in [-0.1, -0.05) is 0 Å². The molecule has 0 unspecified atom stereocenters. The number of halogens is 1. The lowest BCUT2D eigenvalue weighted by molar-refractivity contribution is 0.0751. The molecule has 1 amide bonds. The van der Waals surface area contributed by atoms with Crippen LogP contribution in [-0.2, 0) is 4.74 Å². The van der Waals surface area contributed by atoms with Crippen molar-refractivity contribution in [2.75, 3.05) is 31.1 Å². The van der Waals surface area contributed by atoms with Gasteiger partial charge in [0, 0.05) is 49.7 Å². The van der Waals surface area contributed by atoms with Gasteiger partial charge in [0.15, 0.2) is 5.65 Å². The number of hydrogen-bond acceptors (Lipinski definition) is 6. The molecule has 1 fully saturated rings. The Hall–Kier alpha value is -3.23. The fourth-order valence-corrected chi connectivity index (χ4v) is 3.17. The van der Waals surface area contributed by atoms with Gasteiger partial charge in [-0.2, -0.15) is 9.49 Å². The fraction of sp³-hybridized carbons (Fsp3) is 0.368. The van der Waals surface area contributed by atoms with Crippen LogP contribution in [0.15, 0.2) is 36.8 Å². The van der Waals surface area contributed by atoms with Gasteiger partial charge in [-0.25, -0.2) is 19.3 Å². The minimum Gasteiger partial charge on any atom is -0.447 e. The quantitative estimate of drug-likeness (QED) is 0.646. The van der Waals surface area contributed by atoms with Crippen LogP contribution < -0.4 is 4.90 Å². The van der Waals surface area contributed by atoms with E-state index in [4.69, 9.17) is 9.72 Å². The Bertz CT molecular complexity index is 980. The zero-order chi connectivity index (χ0) is 19.7. The van der Waals surface area contributed by atoms with E-state index in [1.807, 2.05) is 26.1 Å². The molecule has 1 saturated heterocycles. The summed E-state index contributed by atoms with van der Waals surface area (Å²) in [6, 6.07) is 4.87. The lowest BCUT2D eigenvalue weighted by Gasteiger charge is -2.35. The van der Waals surface area contributed by atoms with Gasteiger partial charge >= 0.3 is 6.09 Å². The summed E-state index contributed by atoms with van der Waals surface area (Å²) in [6.07, 6.45) is 4.61. The van der Waals surface area contributed by atoms with E-state index in [0.717, 1.165) is 16.9 Å². The average molecular weight is 384 g/mol. The SMILES string of the molecule is CC(C)OC(=O)N1CCN(c2ccn3ncc(-c4ccc(F)nc4)c3n2)CC1. The van der Waals surface area contributed by atoms with Crippen LogP contribution in [0.3, 0.4) is 0 Å². The number of carbonyl (C=O) groups is 1. The topological polar surface area (TPSA) is 75.9 Å². The molecular weight excluding hydrogens is 363 g/mol. The van der Waals surface area contributed by atoms with E-state index < -0.39 is 5.95 Å². The number of anilines is 1. The Labute approximate surface area is 161 Å². The number of fused-ring (bicyclic) bond motifs is 1. The third-order valence-electron chi connectivity index (χ3n) is 4.59. The molecule has 8 nitrogen and oxygen atoms in total. The third-order valence-corrected chi connectivity index (χ3v) is 4.59. The monoisotopic (exact) mass is 384 g/mol. The maximum Gasteiger partial charge on any atom is 0.410 e. The molecule has 0 N–H and O–H groups in total. The molecule has 3 aromatic heterocycles. The molecule has 0 aromatic carbocycles. The predicted octanol–water partition coefficient (Wildman–Crippen LogP) is 2.60. The lowest BCUT2D eigenvalue weighted by Crippen LogP contribution is -2.49. The maximum absolute atomic E-state index is 13.1. The van der Waals surface area contributed by atoms with Crippen LogP contribution in [0, 0.1) is 5.95 Å². The summed E-state index contributed by atoms with van der Waals surface area (Å²) in [4.78, 5) is 24.3. The summed E-state index contributed by atoms with van der Waals surface area (Å²) in [7, 11) is 0. The zero-order valence-electron chi connectivity index (χ0n) is 15.7. The second kappa shape index (κ2) is 7.41. The Morgan fingerprint density at radius 1 is 1.14 bits per heavy atom. The molecule has 1 aliphatic heterocycles. The van der Waals surface area contributed by atoms with Crippen molar-refractivity contribution in [1.29, 1.82) is 0 Å². The first-order valence-corrected chi connectivity index (χ1v) is 9.18. The summed E-state index contributed by atoms with van der Waals surface area (Å²) in [6.45, 7) is 6.16. The number of rotatable bonds is 3. The van der Waals surface area contributed by atoms with Crippen LogP contribution in [-0.4, -0.2) is 62.9 Å². The number of ether oxygens (including phenoxy) is 1. The van der Waals surface area contributed by atoms with E-state index in [-0.39, 0.29) is 12.2 Å². The standard InChI is InChI=1S/C19H21FN6O2/c1-13(2)28-19(27)25-9-7-24(8-10-25)17-5-6-26-18(23-17)15(12-22-26)14-3-4-16(20)21-11-14/h3-6,11-13H,7-10H2,1-2H3. The number of piperazine rings is 1. The molecule has 9 heteroatoms. The fourth-order valence-electron chi connectivity index (χ4n) is 3.17. The van der Waals surface area contributed by atoms with Crippen LogP contribution in [0.5, 0.6) is 0 Å². The first-order chi connectivity index (χ1) is 13.5. The van der Waals surface area contributed by atoms with Crippen LogP contribution in [0.1, 0.15) is 13.8 Å². The molecule has 0 bridgehead atoms. The lowest BCUT2D eigenvalue weighted by atomic mass is 10.1. The highest BCUT2D eigenvalue weighted by Crippen LogP contribution is 2.25. The largest absolute Gasteiger partial charge is 0.447 e. The number of aromatic nitrogens is 4. The number of carbonyl (C=O) groups excluding carboxylic acids is 1. The third kappa shape index (κ3) is 3.60. The molecule has 0 aliphatic carbocycles. The summed E-state index contributed by atoms with van der Waals surface area (Å²) in [5.41, 5.74) is 2.21. The predicted molar refractivity (Wildman–Crippen MR) is 102 cm³/mol. The minimum atomic E-state index is -0.525. The molecule has 3 aromatic rings. The van der Waals surface area contributed by atoms with Crippen molar-refractivity contribution < 1.29 is 13.9 Å². The van der Waals surface area contributed by atoms with Gasteiger partial charge in [0.25, 0.3) is 0 Å². The molecular formula is C19H21FN6O2. The van der Waals surface area contributed by atoms with Crippen molar-refractivity contribution in [3.05, 3.63) is 42.7 Å².